The van der Waals surface area contributed by atoms with E-state index in [9.17, 15) is 4.39 Å². The van der Waals surface area contributed by atoms with Gasteiger partial charge in [-0.05, 0) is 32.3 Å². The first-order valence-corrected chi connectivity index (χ1v) is 5.19. The molecular weight excluding hydrogens is 217 g/mol. The molecule has 0 amide bonds. The van der Waals surface area contributed by atoms with Crippen LogP contribution in [0.15, 0.2) is 18.2 Å². The Hall–Kier alpha value is -0.800. The van der Waals surface area contributed by atoms with Crippen LogP contribution >= 0.6 is 11.6 Å². The van der Waals surface area contributed by atoms with Gasteiger partial charge in [0.1, 0.15) is 11.6 Å². The number of benzene rings is 1. The Morgan fingerprint density at radius 2 is 2.13 bits per heavy atom. The highest BCUT2D eigenvalue weighted by molar-refractivity contribution is 6.18. The standard InChI is InChI=1S/C11H15ClFNO/c1-14(2)10(7-12)9-6-8(13)4-5-11(9)15-3/h4-6,10H,7H2,1-3H3. The minimum Gasteiger partial charge on any atom is -0.496 e. The van der Waals surface area contributed by atoms with Gasteiger partial charge in [0.15, 0.2) is 0 Å². The van der Waals surface area contributed by atoms with Crippen molar-refractivity contribution < 1.29 is 9.13 Å². The molecule has 0 spiro atoms. The van der Waals surface area contributed by atoms with E-state index in [4.69, 9.17) is 16.3 Å². The Balaban J connectivity index is 3.13. The van der Waals surface area contributed by atoms with Gasteiger partial charge in [-0.2, -0.15) is 0 Å². The molecule has 1 atom stereocenters. The van der Waals surface area contributed by atoms with E-state index in [-0.39, 0.29) is 11.9 Å². The predicted molar refractivity (Wildman–Crippen MR) is 60.1 cm³/mol. The van der Waals surface area contributed by atoms with Gasteiger partial charge in [-0.1, -0.05) is 0 Å². The third-order valence-electron chi connectivity index (χ3n) is 2.32. The van der Waals surface area contributed by atoms with Crippen molar-refractivity contribution >= 4 is 11.6 Å². The molecule has 0 aliphatic carbocycles. The first kappa shape index (κ1) is 12.3. The third kappa shape index (κ3) is 2.83. The van der Waals surface area contributed by atoms with Gasteiger partial charge in [0.2, 0.25) is 0 Å². The maximum absolute atomic E-state index is 13.1. The van der Waals surface area contributed by atoms with Gasteiger partial charge in [0.05, 0.1) is 13.2 Å². The molecule has 0 aliphatic heterocycles. The number of nitrogens with zero attached hydrogens (tertiary/aromatic N) is 1. The molecule has 84 valence electrons. The van der Waals surface area contributed by atoms with Crippen molar-refractivity contribution in [1.82, 2.24) is 4.90 Å². The lowest BCUT2D eigenvalue weighted by Crippen LogP contribution is -2.22. The van der Waals surface area contributed by atoms with E-state index < -0.39 is 0 Å². The number of ether oxygens (including phenoxy) is 1. The average molecular weight is 232 g/mol. The van der Waals surface area contributed by atoms with Gasteiger partial charge in [0, 0.05) is 11.4 Å². The normalized spacial score (nSPS) is 12.9. The van der Waals surface area contributed by atoms with Crippen molar-refractivity contribution in [3.63, 3.8) is 0 Å². The summed E-state index contributed by atoms with van der Waals surface area (Å²) < 4.78 is 18.3. The molecule has 1 aromatic rings. The highest BCUT2D eigenvalue weighted by Gasteiger charge is 2.17. The van der Waals surface area contributed by atoms with Crippen molar-refractivity contribution in [2.75, 3.05) is 27.1 Å². The van der Waals surface area contributed by atoms with Crippen LogP contribution < -0.4 is 4.74 Å². The number of halogens is 2. The lowest BCUT2D eigenvalue weighted by molar-refractivity contribution is 0.310. The van der Waals surface area contributed by atoms with Crippen LogP contribution in [-0.4, -0.2) is 32.0 Å². The topological polar surface area (TPSA) is 12.5 Å². The molecule has 0 saturated heterocycles. The second-order valence-electron chi connectivity index (χ2n) is 3.52. The molecule has 0 aromatic heterocycles. The summed E-state index contributed by atoms with van der Waals surface area (Å²) in [6.45, 7) is 0. The maximum atomic E-state index is 13.1. The molecule has 0 bridgehead atoms. The van der Waals surface area contributed by atoms with Gasteiger partial charge >= 0.3 is 0 Å². The monoisotopic (exact) mass is 231 g/mol. The van der Waals surface area contributed by atoms with Crippen molar-refractivity contribution in [2.45, 2.75) is 6.04 Å². The van der Waals surface area contributed by atoms with Gasteiger partial charge in [-0.15, -0.1) is 11.6 Å². The quantitative estimate of drug-likeness (QED) is 0.739. The molecule has 4 heteroatoms. The summed E-state index contributed by atoms with van der Waals surface area (Å²) in [4.78, 5) is 1.93. The molecule has 0 fully saturated rings. The smallest absolute Gasteiger partial charge is 0.123 e. The van der Waals surface area contributed by atoms with Crippen molar-refractivity contribution in [1.29, 1.82) is 0 Å². The van der Waals surface area contributed by atoms with Gasteiger partial charge in [-0.25, -0.2) is 4.39 Å². The van der Waals surface area contributed by atoms with E-state index in [1.54, 1.807) is 13.2 Å². The van der Waals surface area contributed by atoms with E-state index in [2.05, 4.69) is 0 Å². The van der Waals surface area contributed by atoms with E-state index in [0.29, 0.717) is 11.6 Å². The zero-order valence-corrected chi connectivity index (χ0v) is 9.88. The number of alkyl halides is 1. The number of hydrogen-bond acceptors (Lipinski definition) is 2. The number of methoxy groups -OCH3 is 1. The largest absolute Gasteiger partial charge is 0.496 e. The van der Waals surface area contributed by atoms with Crippen LogP contribution in [0.3, 0.4) is 0 Å². The molecule has 1 aromatic carbocycles. The SMILES string of the molecule is COc1ccc(F)cc1C(CCl)N(C)C. The van der Waals surface area contributed by atoms with Gasteiger partial charge < -0.3 is 9.64 Å². The molecule has 0 heterocycles. The second-order valence-corrected chi connectivity index (χ2v) is 3.83. The molecule has 2 nitrogen and oxygen atoms in total. The minimum absolute atomic E-state index is 0.0442. The Bertz CT molecular complexity index is 330. The molecule has 1 unspecified atom stereocenters. The summed E-state index contributed by atoms with van der Waals surface area (Å²) in [5.41, 5.74) is 0.775. The highest BCUT2D eigenvalue weighted by atomic mass is 35.5. The minimum atomic E-state index is -0.275. The van der Waals surface area contributed by atoms with Crippen LogP contribution in [0.4, 0.5) is 4.39 Å². The van der Waals surface area contributed by atoms with Gasteiger partial charge in [-0.3, -0.25) is 0 Å². The van der Waals surface area contributed by atoms with Crippen LogP contribution in [0.1, 0.15) is 11.6 Å². The van der Waals surface area contributed by atoms with E-state index in [1.807, 2.05) is 19.0 Å². The Kier molecular flexibility index (Phi) is 4.36. The first-order valence-electron chi connectivity index (χ1n) is 4.66. The molecule has 0 radical (unpaired) electrons. The van der Waals surface area contributed by atoms with E-state index in [1.165, 1.54) is 12.1 Å². The molecule has 0 saturated carbocycles. The Morgan fingerprint density at radius 3 is 2.60 bits per heavy atom. The second kappa shape index (κ2) is 5.33. The summed E-state index contributed by atoms with van der Waals surface area (Å²) in [7, 11) is 5.37. The number of hydrogen-bond donors (Lipinski definition) is 0. The molecular formula is C11H15ClFNO. The molecule has 15 heavy (non-hydrogen) atoms. The van der Waals surface area contributed by atoms with E-state index in [0.717, 1.165) is 5.56 Å². The summed E-state index contributed by atoms with van der Waals surface area (Å²) in [5.74, 6) is 0.783. The highest BCUT2D eigenvalue weighted by Crippen LogP contribution is 2.29. The van der Waals surface area contributed by atoms with Crippen molar-refractivity contribution in [3.05, 3.63) is 29.6 Å². The summed E-state index contributed by atoms with van der Waals surface area (Å²) in [6.07, 6.45) is 0. The summed E-state index contributed by atoms with van der Waals surface area (Å²) >= 11 is 5.86. The third-order valence-corrected chi connectivity index (χ3v) is 2.61. The first-order chi connectivity index (χ1) is 7.10. The Labute approximate surface area is 94.6 Å². The number of rotatable bonds is 4. The summed E-state index contributed by atoms with van der Waals surface area (Å²) in [6, 6.07) is 4.42. The van der Waals surface area contributed by atoms with Crippen LogP contribution in [0, 0.1) is 5.82 Å². The lowest BCUT2D eigenvalue weighted by atomic mass is 10.1. The molecule has 1 rings (SSSR count). The summed E-state index contributed by atoms with van der Waals surface area (Å²) in [5, 5.41) is 0. The van der Waals surface area contributed by atoms with Crippen LogP contribution in [0.25, 0.3) is 0 Å². The van der Waals surface area contributed by atoms with Crippen LogP contribution in [0.5, 0.6) is 5.75 Å². The fourth-order valence-electron chi connectivity index (χ4n) is 1.46. The fourth-order valence-corrected chi connectivity index (χ4v) is 1.91. The molecule has 0 N–H and O–H groups in total. The fraction of sp³-hybridized carbons (Fsp3) is 0.455. The van der Waals surface area contributed by atoms with Crippen LogP contribution in [-0.2, 0) is 0 Å². The van der Waals surface area contributed by atoms with Crippen LogP contribution in [0.2, 0.25) is 0 Å². The lowest BCUT2D eigenvalue weighted by Gasteiger charge is -2.24. The maximum Gasteiger partial charge on any atom is 0.123 e. The average Bonchev–Trinajstić information content (AvgIpc) is 2.18. The van der Waals surface area contributed by atoms with Crippen molar-refractivity contribution in [2.24, 2.45) is 0 Å². The predicted octanol–water partition coefficient (Wildman–Crippen LogP) is 2.68. The van der Waals surface area contributed by atoms with Crippen molar-refractivity contribution in [3.8, 4) is 5.75 Å². The van der Waals surface area contributed by atoms with Gasteiger partial charge in [0.25, 0.3) is 0 Å². The zero-order valence-electron chi connectivity index (χ0n) is 9.13. The Morgan fingerprint density at radius 1 is 1.47 bits per heavy atom. The zero-order chi connectivity index (χ0) is 11.4. The van der Waals surface area contributed by atoms with E-state index >= 15 is 0 Å². The molecule has 0 aliphatic rings.